The Morgan fingerprint density at radius 3 is 2.86 bits per heavy atom. The van der Waals surface area contributed by atoms with Gasteiger partial charge in [-0.05, 0) is 32.1 Å². The first-order valence-corrected chi connectivity index (χ1v) is 5.84. The molecule has 0 radical (unpaired) electrons. The lowest BCUT2D eigenvalue weighted by molar-refractivity contribution is 0.149. The molecule has 3 nitrogen and oxygen atoms in total. The topological polar surface area (TPSA) is 32.3 Å². The average Bonchev–Trinajstić information content (AvgIpc) is 2.25. The van der Waals surface area contributed by atoms with Gasteiger partial charge in [0.05, 0.1) is 0 Å². The van der Waals surface area contributed by atoms with Crippen LogP contribution in [-0.2, 0) is 0 Å². The van der Waals surface area contributed by atoms with Gasteiger partial charge < -0.3 is 10.2 Å². The van der Waals surface area contributed by atoms with E-state index in [9.17, 15) is 4.79 Å². The van der Waals surface area contributed by atoms with Gasteiger partial charge in [-0.2, -0.15) is 0 Å². The monoisotopic (exact) mass is 198 g/mol. The molecule has 1 fully saturated rings. The first-order valence-electron chi connectivity index (χ1n) is 5.84. The van der Waals surface area contributed by atoms with Crippen LogP contribution in [0.4, 0.5) is 4.79 Å². The number of hydrogen-bond acceptors (Lipinski definition) is 1. The Hall–Kier alpha value is -0.730. The van der Waals surface area contributed by atoms with E-state index in [2.05, 4.69) is 19.2 Å². The predicted octanol–water partition coefficient (Wildman–Crippen LogP) is 2.37. The molecule has 0 spiro atoms. The molecule has 82 valence electrons. The number of hydrogen-bond donors (Lipinski definition) is 1. The highest BCUT2D eigenvalue weighted by atomic mass is 16.2. The molecule has 2 amide bonds. The molecule has 0 aromatic carbocycles. The minimum Gasteiger partial charge on any atom is -0.338 e. The van der Waals surface area contributed by atoms with E-state index in [-0.39, 0.29) is 6.03 Å². The summed E-state index contributed by atoms with van der Waals surface area (Å²) in [4.78, 5) is 13.8. The van der Waals surface area contributed by atoms with Gasteiger partial charge in [-0.25, -0.2) is 4.79 Å². The summed E-state index contributed by atoms with van der Waals surface area (Å²) < 4.78 is 0. The van der Waals surface area contributed by atoms with E-state index in [1.54, 1.807) is 0 Å². The summed E-state index contributed by atoms with van der Waals surface area (Å²) in [7, 11) is 0. The van der Waals surface area contributed by atoms with Crippen LogP contribution in [0.1, 0.15) is 46.0 Å². The maximum Gasteiger partial charge on any atom is 0.317 e. The van der Waals surface area contributed by atoms with E-state index in [0.29, 0.717) is 6.04 Å². The van der Waals surface area contributed by atoms with Crippen molar-refractivity contribution in [3.05, 3.63) is 0 Å². The molecule has 0 bridgehead atoms. The van der Waals surface area contributed by atoms with Gasteiger partial charge in [0.25, 0.3) is 0 Å². The second-order valence-electron chi connectivity index (χ2n) is 3.98. The van der Waals surface area contributed by atoms with E-state index in [1.165, 1.54) is 12.8 Å². The molecule has 1 aliphatic rings. The normalized spacial score (nSPS) is 22.1. The smallest absolute Gasteiger partial charge is 0.317 e. The molecule has 14 heavy (non-hydrogen) atoms. The molecule has 1 aliphatic heterocycles. The Morgan fingerprint density at radius 2 is 2.21 bits per heavy atom. The van der Waals surface area contributed by atoms with E-state index in [0.717, 1.165) is 32.4 Å². The third-order valence-electron chi connectivity index (χ3n) is 2.89. The van der Waals surface area contributed by atoms with Crippen LogP contribution in [0, 0.1) is 0 Å². The van der Waals surface area contributed by atoms with Crippen molar-refractivity contribution in [2.45, 2.75) is 52.0 Å². The first-order chi connectivity index (χ1) is 6.79. The largest absolute Gasteiger partial charge is 0.338 e. The zero-order valence-corrected chi connectivity index (χ0v) is 9.38. The van der Waals surface area contributed by atoms with E-state index < -0.39 is 0 Å². The SMILES string of the molecule is CCCNC(=O)N1CCCCC1CC. The summed E-state index contributed by atoms with van der Waals surface area (Å²) >= 11 is 0. The van der Waals surface area contributed by atoms with Crippen LogP contribution >= 0.6 is 0 Å². The van der Waals surface area contributed by atoms with Gasteiger partial charge in [0, 0.05) is 19.1 Å². The number of nitrogens with one attached hydrogen (secondary N) is 1. The summed E-state index contributed by atoms with van der Waals surface area (Å²) in [6.45, 7) is 5.98. The zero-order valence-electron chi connectivity index (χ0n) is 9.38. The van der Waals surface area contributed by atoms with Gasteiger partial charge in [-0.15, -0.1) is 0 Å². The Labute approximate surface area is 86.9 Å². The molecule has 1 heterocycles. The Kier molecular flexibility index (Phi) is 4.77. The third-order valence-corrected chi connectivity index (χ3v) is 2.89. The number of likely N-dealkylation sites (tertiary alicyclic amines) is 1. The molecular weight excluding hydrogens is 176 g/mol. The predicted molar refractivity (Wildman–Crippen MR) is 58.3 cm³/mol. The van der Waals surface area contributed by atoms with Gasteiger partial charge in [0.1, 0.15) is 0 Å². The van der Waals surface area contributed by atoms with Crippen LogP contribution in [0.2, 0.25) is 0 Å². The molecule has 0 aromatic heterocycles. The second-order valence-corrected chi connectivity index (χ2v) is 3.98. The maximum absolute atomic E-state index is 11.7. The summed E-state index contributed by atoms with van der Waals surface area (Å²) in [5, 5.41) is 2.95. The van der Waals surface area contributed by atoms with Crippen molar-refractivity contribution < 1.29 is 4.79 Å². The van der Waals surface area contributed by atoms with Crippen molar-refractivity contribution in [1.29, 1.82) is 0 Å². The van der Waals surface area contributed by atoms with E-state index in [4.69, 9.17) is 0 Å². The van der Waals surface area contributed by atoms with Crippen LogP contribution in [-0.4, -0.2) is 30.1 Å². The molecule has 1 saturated heterocycles. The molecule has 0 saturated carbocycles. The summed E-state index contributed by atoms with van der Waals surface area (Å²) in [6, 6.07) is 0.610. The number of piperidine rings is 1. The maximum atomic E-state index is 11.7. The van der Waals surface area contributed by atoms with E-state index in [1.807, 2.05) is 4.90 Å². The highest BCUT2D eigenvalue weighted by Crippen LogP contribution is 2.19. The Bertz CT molecular complexity index is 182. The number of carbonyl (C=O) groups excluding carboxylic acids is 1. The van der Waals surface area contributed by atoms with Gasteiger partial charge in [0.15, 0.2) is 0 Å². The molecule has 1 unspecified atom stereocenters. The lowest BCUT2D eigenvalue weighted by Gasteiger charge is -2.35. The van der Waals surface area contributed by atoms with Gasteiger partial charge in [0.2, 0.25) is 0 Å². The van der Waals surface area contributed by atoms with Gasteiger partial charge >= 0.3 is 6.03 Å². The highest BCUT2D eigenvalue weighted by molar-refractivity contribution is 5.74. The van der Waals surface area contributed by atoms with Crippen LogP contribution in [0.5, 0.6) is 0 Å². The molecule has 3 heteroatoms. The molecule has 1 rings (SSSR count). The number of urea groups is 1. The van der Waals surface area contributed by atoms with Crippen molar-refractivity contribution in [3.63, 3.8) is 0 Å². The summed E-state index contributed by atoms with van der Waals surface area (Å²) in [6.07, 6.45) is 5.71. The number of rotatable bonds is 3. The summed E-state index contributed by atoms with van der Waals surface area (Å²) in [5.41, 5.74) is 0. The van der Waals surface area contributed by atoms with Crippen LogP contribution in [0.25, 0.3) is 0 Å². The van der Waals surface area contributed by atoms with Crippen molar-refractivity contribution >= 4 is 6.03 Å². The summed E-state index contributed by atoms with van der Waals surface area (Å²) in [5.74, 6) is 0. The zero-order chi connectivity index (χ0) is 10.4. The Morgan fingerprint density at radius 1 is 1.43 bits per heavy atom. The van der Waals surface area contributed by atoms with Crippen LogP contribution in [0.3, 0.4) is 0 Å². The van der Waals surface area contributed by atoms with Crippen molar-refractivity contribution in [2.75, 3.05) is 13.1 Å². The number of nitrogens with zero attached hydrogens (tertiary/aromatic N) is 1. The fraction of sp³-hybridized carbons (Fsp3) is 0.909. The molecular formula is C11H22N2O. The van der Waals surface area contributed by atoms with Gasteiger partial charge in [-0.3, -0.25) is 0 Å². The second kappa shape index (κ2) is 5.89. The molecule has 1 atom stereocenters. The van der Waals surface area contributed by atoms with Crippen LogP contribution in [0.15, 0.2) is 0 Å². The fourth-order valence-corrected chi connectivity index (χ4v) is 2.03. The first kappa shape index (κ1) is 11.3. The van der Waals surface area contributed by atoms with Crippen molar-refractivity contribution in [3.8, 4) is 0 Å². The number of carbonyl (C=O) groups is 1. The average molecular weight is 198 g/mol. The molecule has 0 aromatic rings. The lowest BCUT2D eigenvalue weighted by atomic mass is 10.0. The van der Waals surface area contributed by atoms with Gasteiger partial charge in [-0.1, -0.05) is 13.8 Å². The minimum atomic E-state index is 0.137. The minimum absolute atomic E-state index is 0.137. The van der Waals surface area contributed by atoms with Crippen molar-refractivity contribution in [1.82, 2.24) is 10.2 Å². The quantitative estimate of drug-likeness (QED) is 0.742. The molecule has 1 N–H and O–H groups in total. The highest BCUT2D eigenvalue weighted by Gasteiger charge is 2.24. The standard InChI is InChI=1S/C11H22N2O/c1-3-8-12-11(14)13-9-6-5-7-10(13)4-2/h10H,3-9H2,1-2H3,(H,12,14). The van der Waals surface area contributed by atoms with E-state index >= 15 is 0 Å². The lowest BCUT2D eigenvalue weighted by Crippen LogP contribution is -2.48. The third kappa shape index (κ3) is 2.89. The fourth-order valence-electron chi connectivity index (χ4n) is 2.03. The van der Waals surface area contributed by atoms with Crippen LogP contribution < -0.4 is 5.32 Å². The molecule has 0 aliphatic carbocycles. The number of amides is 2. The van der Waals surface area contributed by atoms with Crippen molar-refractivity contribution in [2.24, 2.45) is 0 Å². The Balaban J connectivity index is 2.41.